The van der Waals surface area contributed by atoms with Crippen LogP contribution in [0.2, 0.25) is 0 Å². The van der Waals surface area contributed by atoms with E-state index in [0.29, 0.717) is 11.1 Å². The molecule has 2 aromatic carbocycles. The SMILES string of the molecule is COC(=O)c1ccc(C(=O)N(C)C(C)c2ccc(-n3cncn3)cc2)cc1. The lowest BCUT2D eigenvalue weighted by atomic mass is 10.1. The standard InChI is InChI=1S/C20H20N4O3/c1-14(15-8-10-18(11-9-15)24-13-21-12-22-24)23(2)19(25)16-4-6-17(7-5-16)20(26)27-3/h4-14H,1-3H3. The predicted molar refractivity (Wildman–Crippen MR) is 99.6 cm³/mol. The van der Waals surface area contributed by atoms with Gasteiger partial charge >= 0.3 is 5.97 Å². The molecule has 27 heavy (non-hydrogen) atoms. The lowest BCUT2D eigenvalue weighted by Gasteiger charge is -2.25. The molecular formula is C20H20N4O3. The molecule has 3 aromatic rings. The van der Waals surface area contributed by atoms with Crippen LogP contribution < -0.4 is 0 Å². The zero-order valence-electron chi connectivity index (χ0n) is 15.4. The average Bonchev–Trinajstić information content (AvgIpc) is 3.26. The quantitative estimate of drug-likeness (QED) is 0.651. The van der Waals surface area contributed by atoms with Crippen molar-refractivity contribution in [2.75, 3.05) is 14.2 Å². The van der Waals surface area contributed by atoms with Gasteiger partial charge in [0.1, 0.15) is 12.7 Å². The molecular weight excluding hydrogens is 344 g/mol. The van der Waals surface area contributed by atoms with Crippen molar-refractivity contribution in [1.29, 1.82) is 0 Å². The second kappa shape index (κ2) is 7.82. The zero-order chi connectivity index (χ0) is 19.4. The van der Waals surface area contributed by atoms with Crippen LogP contribution in [0.5, 0.6) is 0 Å². The number of esters is 1. The van der Waals surface area contributed by atoms with Gasteiger partial charge in [-0.1, -0.05) is 12.1 Å². The van der Waals surface area contributed by atoms with E-state index < -0.39 is 5.97 Å². The molecule has 0 aliphatic carbocycles. The van der Waals surface area contributed by atoms with E-state index in [0.717, 1.165) is 11.3 Å². The molecule has 1 atom stereocenters. The highest BCUT2D eigenvalue weighted by atomic mass is 16.5. The number of rotatable bonds is 5. The molecule has 1 heterocycles. The molecule has 0 spiro atoms. The summed E-state index contributed by atoms with van der Waals surface area (Å²) >= 11 is 0. The van der Waals surface area contributed by atoms with Crippen molar-refractivity contribution in [2.24, 2.45) is 0 Å². The van der Waals surface area contributed by atoms with Gasteiger partial charge in [0.15, 0.2) is 0 Å². The molecule has 138 valence electrons. The number of benzene rings is 2. The highest BCUT2D eigenvalue weighted by Crippen LogP contribution is 2.22. The highest BCUT2D eigenvalue weighted by molar-refractivity contribution is 5.96. The van der Waals surface area contributed by atoms with Gasteiger partial charge in [-0.05, 0) is 48.9 Å². The number of methoxy groups -OCH3 is 1. The Balaban J connectivity index is 1.73. The fourth-order valence-corrected chi connectivity index (χ4v) is 2.72. The van der Waals surface area contributed by atoms with Crippen molar-refractivity contribution in [3.63, 3.8) is 0 Å². The van der Waals surface area contributed by atoms with Crippen LogP contribution in [0.3, 0.4) is 0 Å². The Hall–Kier alpha value is -3.48. The number of carbonyl (C=O) groups is 2. The van der Waals surface area contributed by atoms with Crippen molar-refractivity contribution in [3.05, 3.63) is 77.9 Å². The van der Waals surface area contributed by atoms with Crippen molar-refractivity contribution in [1.82, 2.24) is 19.7 Å². The van der Waals surface area contributed by atoms with Gasteiger partial charge < -0.3 is 9.64 Å². The van der Waals surface area contributed by atoms with Gasteiger partial charge in [0, 0.05) is 12.6 Å². The van der Waals surface area contributed by atoms with Crippen molar-refractivity contribution < 1.29 is 14.3 Å². The van der Waals surface area contributed by atoms with E-state index in [1.165, 1.54) is 13.4 Å². The molecule has 0 aliphatic heterocycles. The van der Waals surface area contributed by atoms with E-state index in [1.54, 1.807) is 47.2 Å². The minimum atomic E-state index is -0.428. The van der Waals surface area contributed by atoms with Crippen LogP contribution in [-0.2, 0) is 4.74 Å². The molecule has 1 aromatic heterocycles. The Morgan fingerprint density at radius 2 is 1.67 bits per heavy atom. The summed E-state index contributed by atoms with van der Waals surface area (Å²) in [5.74, 6) is -0.553. The largest absolute Gasteiger partial charge is 0.465 e. The first-order valence-corrected chi connectivity index (χ1v) is 8.41. The van der Waals surface area contributed by atoms with Crippen LogP contribution in [0.15, 0.2) is 61.2 Å². The maximum atomic E-state index is 12.8. The van der Waals surface area contributed by atoms with Crippen molar-refractivity contribution >= 4 is 11.9 Å². The third kappa shape index (κ3) is 3.87. The van der Waals surface area contributed by atoms with Crippen LogP contribution in [-0.4, -0.2) is 45.7 Å². The first-order chi connectivity index (χ1) is 13.0. The normalized spacial score (nSPS) is 11.7. The second-order valence-corrected chi connectivity index (χ2v) is 6.09. The van der Waals surface area contributed by atoms with E-state index in [1.807, 2.05) is 31.2 Å². The maximum absolute atomic E-state index is 12.8. The fourth-order valence-electron chi connectivity index (χ4n) is 2.72. The Morgan fingerprint density at radius 1 is 1.04 bits per heavy atom. The van der Waals surface area contributed by atoms with Gasteiger partial charge in [0.25, 0.3) is 5.91 Å². The lowest BCUT2D eigenvalue weighted by Crippen LogP contribution is -2.29. The summed E-state index contributed by atoms with van der Waals surface area (Å²) in [5.41, 5.74) is 2.82. The van der Waals surface area contributed by atoms with Gasteiger partial charge in [-0.2, -0.15) is 5.10 Å². The van der Waals surface area contributed by atoms with Crippen LogP contribution in [0.25, 0.3) is 5.69 Å². The van der Waals surface area contributed by atoms with E-state index in [9.17, 15) is 9.59 Å². The molecule has 7 heteroatoms. The summed E-state index contributed by atoms with van der Waals surface area (Å²) in [4.78, 5) is 29.9. The average molecular weight is 364 g/mol. The fraction of sp³-hybridized carbons (Fsp3) is 0.200. The molecule has 0 bridgehead atoms. The van der Waals surface area contributed by atoms with Gasteiger partial charge in [0.2, 0.25) is 0 Å². The number of nitrogens with zero attached hydrogens (tertiary/aromatic N) is 4. The topological polar surface area (TPSA) is 77.3 Å². The van der Waals surface area contributed by atoms with Crippen LogP contribution in [0.4, 0.5) is 0 Å². The van der Waals surface area contributed by atoms with Crippen LogP contribution in [0.1, 0.15) is 39.2 Å². The molecule has 0 N–H and O–H groups in total. The summed E-state index contributed by atoms with van der Waals surface area (Å²) < 4.78 is 6.34. The number of aromatic nitrogens is 3. The lowest BCUT2D eigenvalue weighted by molar-refractivity contribution is 0.0599. The minimum absolute atomic E-state index is 0.123. The van der Waals surface area contributed by atoms with Gasteiger partial charge in [-0.25, -0.2) is 14.5 Å². The van der Waals surface area contributed by atoms with E-state index in [2.05, 4.69) is 14.8 Å². The van der Waals surface area contributed by atoms with Crippen LogP contribution >= 0.6 is 0 Å². The number of carbonyl (C=O) groups excluding carboxylic acids is 2. The molecule has 0 radical (unpaired) electrons. The minimum Gasteiger partial charge on any atom is -0.465 e. The summed E-state index contributed by atoms with van der Waals surface area (Å²) in [5, 5.41) is 4.10. The Morgan fingerprint density at radius 3 is 2.22 bits per heavy atom. The smallest absolute Gasteiger partial charge is 0.337 e. The molecule has 0 fully saturated rings. The molecule has 1 unspecified atom stereocenters. The highest BCUT2D eigenvalue weighted by Gasteiger charge is 2.19. The molecule has 3 rings (SSSR count). The Kier molecular flexibility index (Phi) is 5.30. The van der Waals surface area contributed by atoms with Gasteiger partial charge in [-0.15, -0.1) is 0 Å². The van der Waals surface area contributed by atoms with Crippen LogP contribution in [0, 0.1) is 0 Å². The van der Waals surface area contributed by atoms with E-state index in [4.69, 9.17) is 0 Å². The second-order valence-electron chi connectivity index (χ2n) is 6.09. The molecule has 7 nitrogen and oxygen atoms in total. The number of hydrogen-bond donors (Lipinski definition) is 0. The third-order valence-corrected chi connectivity index (χ3v) is 4.51. The molecule has 0 aliphatic rings. The number of hydrogen-bond acceptors (Lipinski definition) is 5. The first-order valence-electron chi connectivity index (χ1n) is 8.41. The Labute approximate surface area is 157 Å². The Bertz CT molecular complexity index is 919. The maximum Gasteiger partial charge on any atom is 0.337 e. The first kappa shape index (κ1) is 18.3. The summed E-state index contributed by atoms with van der Waals surface area (Å²) in [6.45, 7) is 1.96. The van der Waals surface area contributed by atoms with Gasteiger partial charge in [0.05, 0.1) is 24.4 Å². The monoisotopic (exact) mass is 364 g/mol. The molecule has 0 saturated carbocycles. The van der Waals surface area contributed by atoms with Crippen molar-refractivity contribution in [2.45, 2.75) is 13.0 Å². The summed E-state index contributed by atoms with van der Waals surface area (Å²) in [6.07, 6.45) is 3.11. The summed E-state index contributed by atoms with van der Waals surface area (Å²) in [7, 11) is 3.08. The third-order valence-electron chi connectivity index (χ3n) is 4.51. The van der Waals surface area contributed by atoms with Crippen molar-refractivity contribution in [3.8, 4) is 5.69 Å². The van der Waals surface area contributed by atoms with E-state index >= 15 is 0 Å². The summed E-state index contributed by atoms with van der Waals surface area (Å²) in [6, 6.07) is 14.1. The van der Waals surface area contributed by atoms with Gasteiger partial charge in [-0.3, -0.25) is 4.79 Å². The predicted octanol–water partition coefficient (Wildman–Crippen LogP) is 2.89. The molecule has 1 amide bonds. The zero-order valence-corrected chi connectivity index (χ0v) is 15.4. The van der Waals surface area contributed by atoms with E-state index in [-0.39, 0.29) is 11.9 Å². The molecule has 0 saturated heterocycles. The number of ether oxygens (including phenoxy) is 1. The number of amides is 1.